The van der Waals surface area contributed by atoms with E-state index in [9.17, 15) is 28.9 Å². The molecular formula is C36H26ClFN4O5S. The van der Waals surface area contributed by atoms with Crippen LogP contribution < -0.4 is 16.0 Å². The summed E-state index contributed by atoms with van der Waals surface area (Å²) in [7, 11) is 0. The van der Waals surface area contributed by atoms with Gasteiger partial charge in [-0.3, -0.25) is 24.5 Å². The summed E-state index contributed by atoms with van der Waals surface area (Å²) in [5, 5.41) is 18.9. The summed E-state index contributed by atoms with van der Waals surface area (Å²) in [6, 6.07) is 33.8. The molecule has 5 aromatic rings. The van der Waals surface area contributed by atoms with Crippen molar-refractivity contribution in [2.45, 2.75) is 10.1 Å². The fourth-order valence-electron chi connectivity index (χ4n) is 4.51. The second kappa shape index (κ2) is 15.7. The van der Waals surface area contributed by atoms with E-state index in [4.69, 9.17) is 11.6 Å². The highest BCUT2D eigenvalue weighted by Crippen LogP contribution is 2.37. The third-order valence-corrected chi connectivity index (χ3v) is 8.41. The van der Waals surface area contributed by atoms with Crippen molar-refractivity contribution in [1.82, 2.24) is 5.32 Å². The average molecular weight is 681 g/mol. The zero-order valence-corrected chi connectivity index (χ0v) is 26.5. The number of nitro benzene ring substituents is 1. The van der Waals surface area contributed by atoms with E-state index in [-0.39, 0.29) is 27.9 Å². The van der Waals surface area contributed by atoms with Crippen LogP contribution in [-0.4, -0.2) is 22.6 Å². The number of amides is 3. The maximum Gasteiger partial charge on any atom is 0.276 e. The summed E-state index contributed by atoms with van der Waals surface area (Å²) in [6.45, 7) is 0. The van der Waals surface area contributed by atoms with Crippen molar-refractivity contribution < 1.29 is 23.7 Å². The molecule has 0 bridgehead atoms. The van der Waals surface area contributed by atoms with E-state index in [0.29, 0.717) is 21.8 Å². The average Bonchev–Trinajstić information content (AvgIpc) is 3.10. The predicted octanol–water partition coefficient (Wildman–Crippen LogP) is 8.27. The minimum atomic E-state index is -0.711. The van der Waals surface area contributed by atoms with Crippen molar-refractivity contribution in [3.63, 3.8) is 0 Å². The SMILES string of the molecule is O=C(Nc1ccc(SC(C(=O)Nc2ccc(F)c(Cl)c2)c2ccccc2)cc1)/C(=C/c1ccccc1[N+](=O)[O-])NC(=O)c1ccccc1. The van der Waals surface area contributed by atoms with Gasteiger partial charge >= 0.3 is 0 Å². The molecule has 0 radical (unpaired) electrons. The molecule has 0 aliphatic rings. The van der Waals surface area contributed by atoms with E-state index in [1.807, 2.05) is 30.3 Å². The van der Waals surface area contributed by atoms with Gasteiger partial charge in [0.05, 0.1) is 15.5 Å². The molecule has 12 heteroatoms. The molecule has 9 nitrogen and oxygen atoms in total. The minimum Gasteiger partial charge on any atom is -0.325 e. The monoisotopic (exact) mass is 680 g/mol. The quantitative estimate of drug-likeness (QED) is 0.0557. The molecule has 0 aliphatic carbocycles. The zero-order valence-electron chi connectivity index (χ0n) is 24.9. The zero-order chi connectivity index (χ0) is 34.0. The first kappa shape index (κ1) is 33.6. The standard InChI is InChI=1S/C36H26ClFN4O5S/c37-29-22-27(17-20-30(29)38)40-36(45)33(23-9-3-1-4-10-23)48-28-18-15-26(16-19-28)39-35(44)31(41-34(43)24-11-5-2-6-12-24)21-25-13-7-8-14-32(25)42(46)47/h1-22,33H,(H,39,44)(H,40,45)(H,41,43)/b31-21-. The number of nitrogens with zero attached hydrogens (tertiary/aromatic N) is 1. The molecule has 0 heterocycles. The molecule has 0 saturated carbocycles. The number of halogens is 2. The molecule has 5 aromatic carbocycles. The third-order valence-electron chi connectivity index (χ3n) is 6.86. The number of para-hydroxylation sites is 1. The molecule has 0 spiro atoms. The Morgan fingerprint density at radius 3 is 2.08 bits per heavy atom. The van der Waals surface area contributed by atoms with Crippen LogP contribution in [0.4, 0.5) is 21.5 Å². The van der Waals surface area contributed by atoms with Crippen LogP contribution in [0.25, 0.3) is 6.08 Å². The number of carbonyl (C=O) groups excluding carboxylic acids is 3. The lowest BCUT2D eigenvalue weighted by Crippen LogP contribution is -2.30. The van der Waals surface area contributed by atoms with Crippen LogP contribution in [-0.2, 0) is 9.59 Å². The Labute approximate surface area is 284 Å². The van der Waals surface area contributed by atoms with Crippen LogP contribution in [0.3, 0.4) is 0 Å². The van der Waals surface area contributed by atoms with Gasteiger partial charge in [0, 0.05) is 27.9 Å². The fourth-order valence-corrected chi connectivity index (χ4v) is 5.71. The van der Waals surface area contributed by atoms with Crippen molar-refractivity contribution in [2.75, 3.05) is 10.6 Å². The highest BCUT2D eigenvalue weighted by molar-refractivity contribution is 8.00. The van der Waals surface area contributed by atoms with E-state index in [1.165, 1.54) is 54.2 Å². The summed E-state index contributed by atoms with van der Waals surface area (Å²) >= 11 is 7.15. The number of thioether (sulfide) groups is 1. The van der Waals surface area contributed by atoms with E-state index in [1.54, 1.807) is 60.7 Å². The number of hydrogen-bond donors (Lipinski definition) is 3. The molecule has 1 atom stereocenters. The summed E-state index contributed by atoms with van der Waals surface area (Å²) in [5.74, 6) is -2.24. The summed E-state index contributed by atoms with van der Waals surface area (Å²) in [5.41, 5.74) is 1.41. The van der Waals surface area contributed by atoms with Gasteiger partial charge in [-0.25, -0.2) is 4.39 Å². The molecular weight excluding hydrogens is 655 g/mol. The summed E-state index contributed by atoms with van der Waals surface area (Å²) in [4.78, 5) is 51.6. The van der Waals surface area contributed by atoms with E-state index < -0.39 is 27.8 Å². The molecule has 5 rings (SSSR count). The van der Waals surface area contributed by atoms with Gasteiger partial charge in [0.2, 0.25) is 5.91 Å². The second-order valence-electron chi connectivity index (χ2n) is 10.2. The van der Waals surface area contributed by atoms with Crippen LogP contribution in [0.1, 0.15) is 26.7 Å². The minimum absolute atomic E-state index is 0.117. The first-order chi connectivity index (χ1) is 23.2. The van der Waals surface area contributed by atoms with Crippen LogP contribution in [0.5, 0.6) is 0 Å². The Hall–Kier alpha value is -5.78. The molecule has 3 amide bonds. The second-order valence-corrected chi connectivity index (χ2v) is 11.8. The van der Waals surface area contributed by atoms with Crippen LogP contribution in [0.15, 0.2) is 138 Å². The van der Waals surface area contributed by atoms with E-state index in [0.717, 1.165) is 5.56 Å². The number of hydrogen-bond acceptors (Lipinski definition) is 6. The number of benzene rings is 5. The predicted molar refractivity (Wildman–Crippen MR) is 185 cm³/mol. The maximum atomic E-state index is 13.7. The Bertz CT molecular complexity index is 1990. The molecule has 0 saturated heterocycles. The summed E-state index contributed by atoms with van der Waals surface area (Å²) in [6.07, 6.45) is 1.25. The van der Waals surface area contributed by atoms with Gasteiger partial charge < -0.3 is 16.0 Å². The van der Waals surface area contributed by atoms with E-state index in [2.05, 4.69) is 16.0 Å². The van der Waals surface area contributed by atoms with Crippen LogP contribution in [0, 0.1) is 15.9 Å². The normalized spacial score (nSPS) is 11.7. The lowest BCUT2D eigenvalue weighted by atomic mass is 10.1. The number of nitrogens with one attached hydrogen (secondary N) is 3. The van der Waals surface area contributed by atoms with Crippen molar-refractivity contribution in [1.29, 1.82) is 0 Å². The number of nitro groups is 1. The van der Waals surface area contributed by atoms with Gasteiger partial charge in [-0.05, 0) is 72.3 Å². The van der Waals surface area contributed by atoms with Gasteiger partial charge in [0.15, 0.2) is 0 Å². The Morgan fingerprint density at radius 2 is 1.42 bits per heavy atom. The van der Waals surface area contributed by atoms with E-state index >= 15 is 0 Å². The van der Waals surface area contributed by atoms with Crippen molar-refractivity contribution >= 4 is 64.2 Å². The Balaban J connectivity index is 1.36. The number of anilines is 2. The molecule has 48 heavy (non-hydrogen) atoms. The Morgan fingerprint density at radius 1 is 0.792 bits per heavy atom. The molecule has 240 valence electrons. The van der Waals surface area contributed by atoms with Crippen LogP contribution in [0.2, 0.25) is 5.02 Å². The van der Waals surface area contributed by atoms with Gasteiger partial charge in [-0.15, -0.1) is 11.8 Å². The lowest BCUT2D eigenvalue weighted by molar-refractivity contribution is -0.385. The molecule has 0 aliphatic heterocycles. The molecule has 0 aromatic heterocycles. The van der Waals surface area contributed by atoms with Crippen molar-refractivity contribution in [3.8, 4) is 0 Å². The van der Waals surface area contributed by atoms with Crippen molar-refractivity contribution in [2.24, 2.45) is 0 Å². The smallest absolute Gasteiger partial charge is 0.276 e. The number of rotatable bonds is 11. The third kappa shape index (κ3) is 8.72. The topological polar surface area (TPSA) is 130 Å². The van der Waals surface area contributed by atoms with Gasteiger partial charge in [0.25, 0.3) is 17.5 Å². The lowest BCUT2D eigenvalue weighted by Gasteiger charge is -2.18. The maximum absolute atomic E-state index is 13.7. The summed E-state index contributed by atoms with van der Waals surface area (Å²) < 4.78 is 13.7. The highest BCUT2D eigenvalue weighted by atomic mass is 35.5. The largest absolute Gasteiger partial charge is 0.325 e. The van der Waals surface area contributed by atoms with Crippen LogP contribution >= 0.6 is 23.4 Å². The Kier molecular flexibility index (Phi) is 11.0. The molecule has 1 unspecified atom stereocenters. The highest BCUT2D eigenvalue weighted by Gasteiger charge is 2.23. The van der Waals surface area contributed by atoms with Gasteiger partial charge in [-0.1, -0.05) is 72.3 Å². The number of carbonyl (C=O) groups is 3. The first-order valence-corrected chi connectivity index (χ1v) is 15.6. The van der Waals surface area contributed by atoms with Gasteiger partial charge in [-0.2, -0.15) is 0 Å². The first-order valence-electron chi connectivity index (χ1n) is 14.4. The fraction of sp³-hybridized carbons (Fsp3) is 0.0278. The van der Waals surface area contributed by atoms with Crippen molar-refractivity contribution in [3.05, 3.63) is 171 Å². The molecule has 3 N–H and O–H groups in total. The van der Waals surface area contributed by atoms with Gasteiger partial charge in [0.1, 0.15) is 16.8 Å². The molecule has 0 fully saturated rings.